The SMILES string of the molecule is Cc1c(C(=O)OCC(=O)Nc2ccccc2C#N)sc2ccccc12. The Hall–Kier alpha value is -3.17. The van der Waals surface area contributed by atoms with Gasteiger partial charge in [0, 0.05) is 4.70 Å². The van der Waals surface area contributed by atoms with Crippen LogP contribution in [0.15, 0.2) is 48.5 Å². The topological polar surface area (TPSA) is 79.2 Å². The summed E-state index contributed by atoms with van der Waals surface area (Å²) in [6.45, 7) is 1.45. The van der Waals surface area contributed by atoms with Crippen LogP contribution >= 0.6 is 11.3 Å². The van der Waals surface area contributed by atoms with E-state index in [0.29, 0.717) is 16.1 Å². The number of carbonyl (C=O) groups is 2. The number of para-hydroxylation sites is 1. The van der Waals surface area contributed by atoms with E-state index in [1.165, 1.54) is 11.3 Å². The van der Waals surface area contributed by atoms with Crippen molar-refractivity contribution in [1.29, 1.82) is 5.26 Å². The average molecular weight is 350 g/mol. The Morgan fingerprint density at radius 1 is 1.16 bits per heavy atom. The second-order valence-corrected chi connectivity index (χ2v) is 6.39. The number of hydrogen-bond donors (Lipinski definition) is 1. The van der Waals surface area contributed by atoms with Gasteiger partial charge in [0.05, 0.1) is 11.3 Å². The maximum absolute atomic E-state index is 12.3. The van der Waals surface area contributed by atoms with E-state index in [0.717, 1.165) is 15.6 Å². The molecule has 3 rings (SSSR count). The Kier molecular flexibility index (Phi) is 4.78. The molecule has 3 aromatic rings. The second-order valence-electron chi connectivity index (χ2n) is 5.33. The van der Waals surface area contributed by atoms with E-state index in [2.05, 4.69) is 5.32 Å². The number of thiophene rings is 1. The van der Waals surface area contributed by atoms with Crippen molar-refractivity contribution in [3.63, 3.8) is 0 Å². The van der Waals surface area contributed by atoms with E-state index < -0.39 is 18.5 Å². The molecule has 1 aromatic heterocycles. The van der Waals surface area contributed by atoms with Gasteiger partial charge in [-0.3, -0.25) is 4.79 Å². The number of nitriles is 1. The van der Waals surface area contributed by atoms with Crippen LogP contribution in [-0.4, -0.2) is 18.5 Å². The zero-order chi connectivity index (χ0) is 17.8. The van der Waals surface area contributed by atoms with Gasteiger partial charge in [0.1, 0.15) is 10.9 Å². The first-order valence-corrected chi connectivity index (χ1v) is 8.36. The predicted octanol–water partition coefficient (Wildman–Crippen LogP) is 3.88. The minimum atomic E-state index is -0.526. The fraction of sp³-hybridized carbons (Fsp3) is 0.105. The van der Waals surface area contributed by atoms with Crippen molar-refractivity contribution in [2.45, 2.75) is 6.92 Å². The summed E-state index contributed by atoms with van der Waals surface area (Å²) in [5, 5.41) is 12.6. The highest BCUT2D eigenvalue weighted by Crippen LogP contribution is 2.30. The molecule has 0 fully saturated rings. The summed E-state index contributed by atoms with van der Waals surface area (Å²) in [4.78, 5) is 24.7. The highest BCUT2D eigenvalue weighted by atomic mass is 32.1. The molecule has 1 N–H and O–H groups in total. The molecule has 5 nitrogen and oxygen atoms in total. The third-order valence-electron chi connectivity index (χ3n) is 3.69. The van der Waals surface area contributed by atoms with Gasteiger partial charge in [0.25, 0.3) is 5.91 Å². The van der Waals surface area contributed by atoms with E-state index in [1.54, 1.807) is 24.3 Å². The van der Waals surface area contributed by atoms with Gasteiger partial charge < -0.3 is 10.1 Å². The summed E-state index contributed by atoms with van der Waals surface area (Å²) in [7, 11) is 0. The van der Waals surface area contributed by atoms with Gasteiger partial charge in [0.15, 0.2) is 6.61 Å². The van der Waals surface area contributed by atoms with E-state index in [9.17, 15) is 9.59 Å². The smallest absolute Gasteiger partial charge is 0.349 e. The van der Waals surface area contributed by atoms with E-state index in [4.69, 9.17) is 10.00 Å². The minimum Gasteiger partial charge on any atom is -0.451 e. The molecule has 2 aromatic carbocycles. The predicted molar refractivity (Wildman–Crippen MR) is 96.6 cm³/mol. The van der Waals surface area contributed by atoms with Crippen LogP contribution in [-0.2, 0) is 9.53 Å². The zero-order valence-corrected chi connectivity index (χ0v) is 14.2. The summed E-state index contributed by atoms with van der Waals surface area (Å²) in [6, 6.07) is 16.3. The second kappa shape index (κ2) is 7.16. The van der Waals surface area contributed by atoms with Crippen molar-refractivity contribution >= 4 is 39.0 Å². The monoisotopic (exact) mass is 350 g/mol. The van der Waals surface area contributed by atoms with Crippen molar-refractivity contribution in [2.24, 2.45) is 0 Å². The van der Waals surface area contributed by atoms with Crippen molar-refractivity contribution in [3.8, 4) is 6.07 Å². The standard InChI is InChI=1S/C19H14N2O3S/c1-12-14-7-3-5-9-16(14)25-18(12)19(23)24-11-17(22)21-15-8-4-2-6-13(15)10-20/h2-9H,11H2,1H3,(H,21,22). The number of amides is 1. The summed E-state index contributed by atoms with van der Waals surface area (Å²) >= 11 is 1.34. The van der Waals surface area contributed by atoms with Crippen LogP contribution < -0.4 is 5.32 Å². The van der Waals surface area contributed by atoms with Gasteiger partial charge in [-0.2, -0.15) is 5.26 Å². The Morgan fingerprint density at radius 2 is 1.88 bits per heavy atom. The third-order valence-corrected chi connectivity index (χ3v) is 4.94. The maximum atomic E-state index is 12.3. The molecular formula is C19H14N2O3S. The van der Waals surface area contributed by atoms with Gasteiger partial charge >= 0.3 is 5.97 Å². The number of carbonyl (C=O) groups excluding carboxylic acids is 2. The molecule has 0 aliphatic carbocycles. The van der Waals surface area contributed by atoms with E-state index in [-0.39, 0.29) is 0 Å². The number of nitrogens with zero attached hydrogens (tertiary/aromatic N) is 1. The summed E-state index contributed by atoms with van der Waals surface area (Å²) in [5.74, 6) is -1.02. The van der Waals surface area contributed by atoms with Crippen LogP contribution in [0.5, 0.6) is 0 Å². The first-order valence-electron chi connectivity index (χ1n) is 7.54. The number of hydrogen-bond acceptors (Lipinski definition) is 5. The van der Waals surface area contributed by atoms with Crippen molar-refractivity contribution in [1.82, 2.24) is 0 Å². The Bertz CT molecular complexity index is 1000. The Balaban J connectivity index is 1.66. The number of nitrogens with one attached hydrogen (secondary N) is 1. The summed E-state index contributed by atoms with van der Waals surface area (Å²) in [6.07, 6.45) is 0. The Labute approximate surface area is 148 Å². The highest BCUT2D eigenvalue weighted by Gasteiger charge is 2.18. The largest absolute Gasteiger partial charge is 0.451 e. The molecule has 0 aliphatic heterocycles. The lowest BCUT2D eigenvalue weighted by Gasteiger charge is -2.07. The molecule has 0 saturated carbocycles. The molecule has 0 bridgehead atoms. The molecular weight excluding hydrogens is 336 g/mol. The minimum absolute atomic E-state index is 0.350. The normalized spacial score (nSPS) is 10.2. The summed E-state index contributed by atoms with van der Waals surface area (Å²) in [5.41, 5.74) is 1.59. The molecule has 0 atom stereocenters. The number of aryl methyl sites for hydroxylation is 1. The molecule has 1 amide bonds. The molecule has 1 heterocycles. The number of anilines is 1. The van der Waals surface area contributed by atoms with Crippen LogP contribution in [0.25, 0.3) is 10.1 Å². The molecule has 0 unspecified atom stereocenters. The first-order chi connectivity index (χ1) is 12.1. The maximum Gasteiger partial charge on any atom is 0.349 e. The van der Waals surface area contributed by atoms with E-state index in [1.807, 2.05) is 37.3 Å². The molecule has 0 radical (unpaired) electrons. The van der Waals surface area contributed by atoms with Gasteiger partial charge in [0.2, 0.25) is 0 Å². The lowest BCUT2D eigenvalue weighted by Crippen LogP contribution is -2.21. The number of esters is 1. The highest BCUT2D eigenvalue weighted by molar-refractivity contribution is 7.21. The third kappa shape index (κ3) is 3.52. The number of ether oxygens (including phenoxy) is 1. The number of rotatable bonds is 4. The quantitative estimate of drug-likeness (QED) is 0.724. The van der Waals surface area contributed by atoms with Gasteiger partial charge in [-0.1, -0.05) is 30.3 Å². The van der Waals surface area contributed by atoms with Crippen molar-refractivity contribution < 1.29 is 14.3 Å². The lowest BCUT2D eigenvalue weighted by atomic mass is 10.1. The lowest BCUT2D eigenvalue weighted by molar-refractivity contribution is -0.119. The fourth-order valence-corrected chi connectivity index (χ4v) is 3.54. The van der Waals surface area contributed by atoms with Crippen LogP contribution in [0.4, 0.5) is 5.69 Å². The van der Waals surface area contributed by atoms with Crippen LogP contribution in [0.2, 0.25) is 0 Å². The van der Waals surface area contributed by atoms with Gasteiger partial charge in [-0.05, 0) is 36.1 Å². The number of fused-ring (bicyclic) bond motifs is 1. The van der Waals surface area contributed by atoms with Crippen LogP contribution in [0.1, 0.15) is 20.8 Å². The Morgan fingerprint density at radius 3 is 2.64 bits per heavy atom. The van der Waals surface area contributed by atoms with E-state index >= 15 is 0 Å². The molecule has 25 heavy (non-hydrogen) atoms. The van der Waals surface area contributed by atoms with Crippen LogP contribution in [0, 0.1) is 18.3 Å². The first kappa shape index (κ1) is 16.7. The molecule has 124 valence electrons. The molecule has 0 saturated heterocycles. The molecule has 0 aliphatic rings. The number of benzene rings is 2. The fourth-order valence-electron chi connectivity index (χ4n) is 2.44. The zero-order valence-electron chi connectivity index (χ0n) is 13.4. The summed E-state index contributed by atoms with van der Waals surface area (Å²) < 4.78 is 6.12. The van der Waals surface area contributed by atoms with Crippen molar-refractivity contribution in [3.05, 3.63) is 64.5 Å². The molecule has 0 spiro atoms. The van der Waals surface area contributed by atoms with Crippen molar-refractivity contribution in [2.75, 3.05) is 11.9 Å². The van der Waals surface area contributed by atoms with Gasteiger partial charge in [-0.25, -0.2) is 4.79 Å². The average Bonchev–Trinajstić information content (AvgIpc) is 2.97. The molecule has 6 heteroatoms. The van der Waals surface area contributed by atoms with Crippen LogP contribution in [0.3, 0.4) is 0 Å². The van der Waals surface area contributed by atoms with Gasteiger partial charge in [-0.15, -0.1) is 11.3 Å².